The van der Waals surface area contributed by atoms with Crippen LogP contribution in [0.25, 0.3) is 0 Å². The molecule has 0 radical (unpaired) electrons. The number of fused-ring (bicyclic) bond motifs is 1. The van der Waals surface area contributed by atoms with Crippen molar-refractivity contribution >= 4 is 44.6 Å². The number of nitrogens with zero attached hydrogens (tertiary/aromatic N) is 1. The van der Waals surface area contributed by atoms with Gasteiger partial charge in [-0.05, 0) is 74.6 Å². The number of benzene rings is 2. The molecule has 0 saturated heterocycles. The van der Waals surface area contributed by atoms with Gasteiger partial charge >= 0.3 is 0 Å². The maximum Gasteiger partial charge on any atom is 0.230 e. The molecule has 1 N–H and O–H groups in total. The summed E-state index contributed by atoms with van der Waals surface area (Å²) in [6, 6.07) is 10.1. The monoisotopic (exact) mass is 460 g/mol. The Hall–Kier alpha value is -2.38. The molecule has 6 nitrogen and oxygen atoms in total. The number of anilines is 2. The molecule has 1 saturated carbocycles. The van der Waals surface area contributed by atoms with Gasteiger partial charge in [-0.15, -0.1) is 0 Å². The van der Waals surface area contributed by atoms with Crippen LogP contribution in [-0.4, -0.2) is 32.0 Å². The van der Waals surface area contributed by atoms with E-state index in [1.165, 1.54) is 0 Å². The van der Waals surface area contributed by atoms with Gasteiger partial charge in [0, 0.05) is 34.8 Å². The molecule has 0 spiro atoms. The van der Waals surface area contributed by atoms with Crippen LogP contribution in [-0.2, 0) is 25.8 Å². The first-order valence-corrected chi connectivity index (χ1v) is 12.4. The minimum atomic E-state index is -3.64. The summed E-state index contributed by atoms with van der Waals surface area (Å²) in [6.07, 6.45) is 2.33. The van der Waals surface area contributed by atoms with E-state index in [1.54, 1.807) is 43.3 Å². The summed E-state index contributed by atoms with van der Waals surface area (Å²) >= 11 is 6.06. The summed E-state index contributed by atoms with van der Waals surface area (Å²) in [5.41, 5.74) is 2.97. The number of halogens is 1. The minimum absolute atomic E-state index is 0.0211. The van der Waals surface area contributed by atoms with Gasteiger partial charge in [0.1, 0.15) is 0 Å². The van der Waals surface area contributed by atoms with Gasteiger partial charge in [-0.1, -0.05) is 17.7 Å². The number of sulfone groups is 1. The second-order valence-electron chi connectivity index (χ2n) is 8.36. The Labute approximate surface area is 187 Å². The van der Waals surface area contributed by atoms with Gasteiger partial charge in [-0.2, -0.15) is 0 Å². The first kappa shape index (κ1) is 21.8. The predicted molar refractivity (Wildman–Crippen MR) is 121 cm³/mol. The average molecular weight is 461 g/mol. The normalized spacial score (nSPS) is 18.0. The van der Waals surface area contributed by atoms with E-state index in [2.05, 4.69) is 5.32 Å². The molecule has 1 heterocycles. The van der Waals surface area contributed by atoms with E-state index >= 15 is 0 Å². The summed E-state index contributed by atoms with van der Waals surface area (Å²) in [4.78, 5) is 26.9. The van der Waals surface area contributed by atoms with Crippen molar-refractivity contribution in [3.05, 3.63) is 52.5 Å². The highest BCUT2D eigenvalue weighted by Crippen LogP contribution is 2.39. The minimum Gasteiger partial charge on any atom is -0.326 e. The lowest BCUT2D eigenvalue weighted by molar-refractivity contribution is -0.120. The molecule has 8 heteroatoms. The maximum absolute atomic E-state index is 12.8. The predicted octanol–water partition coefficient (Wildman–Crippen LogP) is 4.14. The zero-order valence-corrected chi connectivity index (χ0v) is 19.1. The number of carbonyl (C=O) groups is 2. The molecule has 0 aromatic heterocycles. The fourth-order valence-corrected chi connectivity index (χ4v) is 5.43. The summed E-state index contributed by atoms with van der Waals surface area (Å²) in [5, 5.41) is 3.26. The largest absolute Gasteiger partial charge is 0.326 e. The Morgan fingerprint density at radius 2 is 1.94 bits per heavy atom. The molecule has 1 aliphatic carbocycles. The van der Waals surface area contributed by atoms with E-state index in [9.17, 15) is 18.0 Å². The van der Waals surface area contributed by atoms with Gasteiger partial charge in [0.05, 0.1) is 10.6 Å². The highest BCUT2D eigenvalue weighted by atomic mass is 35.5. The van der Waals surface area contributed by atoms with Crippen molar-refractivity contribution in [1.82, 2.24) is 0 Å². The molecule has 164 valence electrons. The first-order chi connectivity index (χ1) is 14.7. The van der Waals surface area contributed by atoms with Crippen LogP contribution >= 0.6 is 11.6 Å². The number of nitrogens with one attached hydrogen (secondary N) is 1. The van der Waals surface area contributed by atoms with Crippen LogP contribution in [0.1, 0.15) is 37.3 Å². The summed E-state index contributed by atoms with van der Waals surface area (Å²) in [7, 11) is -3.64. The third kappa shape index (κ3) is 4.48. The Kier molecular flexibility index (Phi) is 5.83. The van der Waals surface area contributed by atoms with Crippen molar-refractivity contribution in [2.45, 2.75) is 50.5 Å². The van der Waals surface area contributed by atoms with Crippen molar-refractivity contribution in [2.24, 2.45) is 5.92 Å². The highest BCUT2D eigenvalue weighted by Gasteiger charge is 2.39. The topological polar surface area (TPSA) is 83.6 Å². The SMILES string of the molecule is Cc1c(Cl)cccc1NC(=O)CCS(=O)(=O)c1ccc2c(c1)CC(C)N2C(=O)C1CC1. The molecule has 2 amide bonds. The summed E-state index contributed by atoms with van der Waals surface area (Å²) in [6.45, 7) is 3.77. The molecule has 1 atom stereocenters. The third-order valence-electron chi connectivity index (χ3n) is 5.93. The number of hydrogen-bond acceptors (Lipinski definition) is 4. The van der Waals surface area contributed by atoms with E-state index in [4.69, 9.17) is 11.6 Å². The molecule has 0 bridgehead atoms. The van der Waals surface area contributed by atoms with E-state index in [0.717, 1.165) is 29.7 Å². The van der Waals surface area contributed by atoms with Crippen LogP contribution in [0.4, 0.5) is 11.4 Å². The Bertz CT molecular complexity index is 1160. The zero-order chi connectivity index (χ0) is 22.3. The molecular weight excluding hydrogens is 436 g/mol. The fraction of sp³-hybridized carbons (Fsp3) is 0.391. The number of carbonyl (C=O) groups excluding carboxylic acids is 2. The second kappa shape index (κ2) is 8.28. The van der Waals surface area contributed by atoms with Crippen molar-refractivity contribution in [3.63, 3.8) is 0 Å². The second-order valence-corrected chi connectivity index (χ2v) is 10.9. The molecule has 1 fully saturated rings. The molecule has 31 heavy (non-hydrogen) atoms. The molecule has 2 aromatic carbocycles. The van der Waals surface area contributed by atoms with Crippen LogP contribution in [0, 0.1) is 12.8 Å². The maximum atomic E-state index is 12.8. The Morgan fingerprint density at radius 1 is 1.19 bits per heavy atom. The Balaban J connectivity index is 1.44. The lowest BCUT2D eigenvalue weighted by Gasteiger charge is -2.22. The standard InChI is InChI=1S/C23H25ClN2O4S/c1-14-12-17-13-18(8-9-21(17)26(14)23(28)16-6-7-16)31(29,30)11-10-22(27)25-20-5-3-4-19(24)15(20)2/h3-5,8-9,13-14,16H,6-7,10-12H2,1-2H3,(H,25,27). The number of hydrogen-bond donors (Lipinski definition) is 1. The molecule has 1 unspecified atom stereocenters. The molecule has 2 aliphatic rings. The lowest BCUT2D eigenvalue weighted by atomic mass is 10.1. The van der Waals surface area contributed by atoms with Crippen LogP contribution < -0.4 is 10.2 Å². The van der Waals surface area contributed by atoms with E-state index in [-0.39, 0.29) is 40.8 Å². The highest BCUT2D eigenvalue weighted by molar-refractivity contribution is 7.91. The third-order valence-corrected chi connectivity index (χ3v) is 8.05. The van der Waals surface area contributed by atoms with Gasteiger partial charge in [-0.25, -0.2) is 8.42 Å². The molecule has 4 rings (SSSR count). The van der Waals surface area contributed by atoms with Gasteiger partial charge in [0.15, 0.2) is 9.84 Å². The summed E-state index contributed by atoms with van der Waals surface area (Å²) < 4.78 is 25.7. The Morgan fingerprint density at radius 3 is 2.65 bits per heavy atom. The van der Waals surface area contributed by atoms with Gasteiger partial charge in [-0.3, -0.25) is 9.59 Å². The average Bonchev–Trinajstić information content (AvgIpc) is 3.51. The van der Waals surface area contributed by atoms with E-state index < -0.39 is 9.84 Å². The van der Waals surface area contributed by atoms with E-state index in [1.807, 2.05) is 11.8 Å². The van der Waals surface area contributed by atoms with Crippen molar-refractivity contribution < 1.29 is 18.0 Å². The quantitative estimate of drug-likeness (QED) is 0.702. The molecule has 2 aromatic rings. The number of rotatable bonds is 6. The van der Waals surface area contributed by atoms with Crippen molar-refractivity contribution in [2.75, 3.05) is 16.0 Å². The number of amides is 2. The first-order valence-electron chi connectivity index (χ1n) is 10.4. The molecular formula is C23H25ClN2O4S. The molecule has 1 aliphatic heterocycles. The van der Waals surface area contributed by atoms with Gasteiger partial charge in [0.2, 0.25) is 11.8 Å². The van der Waals surface area contributed by atoms with Crippen LogP contribution in [0.5, 0.6) is 0 Å². The zero-order valence-electron chi connectivity index (χ0n) is 17.5. The van der Waals surface area contributed by atoms with Gasteiger partial charge in [0.25, 0.3) is 0 Å². The summed E-state index contributed by atoms with van der Waals surface area (Å²) in [5.74, 6) is -0.435. The van der Waals surface area contributed by atoms with E-state index in [0.29, 0.717) is 17.1 Å². The van der Waals surface area contributed by atoms with Gasteiger partial charge < -0.3 is 10.2 Å². The van der Waals surface area contributed by atoms with Crippen molar-refractivity contribution in [1.29, 1.82) is 0 Å². The lowest BCUT2D eigenvalue weighted by Crippen LogP contribution is -2.36. The van der Waals surface area contributed by atoms with Crippen LogP contribution in [0.3, 0.4) is 0 Å². The smallest absolute Gasteiger partial charge is 0.230 e. The van der Waals surface area contributed by atoms with Crippen molar-refractivity contribution in [3.8, 4) is 0 Å². The fourth-order valence-electron chi connectivity index (χ4n) is 3.96. The van der Waals surface area contributed by atoms with Crippen LogP contribution in [0.2, 0.25) is 5.02 Å². The van der Waals surface area contributed by atoms with Crippen LogP contribution in [0.15, 0.2) is 41.3 Å².